The molecule has 0 spiro atoms. The summed E-state index contributed by atoms with van der Waals surface area (Å²) >= 11 is 1.91. The molecule has 2 aliphatic rings. The lowest BCUT2D eigenvalue weighted by molar-refractivity contribution is 0.259. The second-order valence-electron chi connectivity index (χ2n) is 6.97. The van der Waals surface area contributed by atoms with Gasteiger partial charge in [0.2, 0.25) is 0 Å². The third kappa shape index (κ3) is 5.19. The Kier molecular flexibility index (Phi) is 7.13. The largest absolute Gasteiger partial charge is 0.357 e. The van der Waals surface area contributed by atoms with E-state index in [-0.39, 0.29) is 0 Å². The molecule has 0 aromatic carbocycles. The van der Waals surface area contributed by atoms with E-state index < -0.39 is 0 Å². The summed E-state index contributed by atoms with van der Waals surface area (Å²) in [4.78, 5) is 11.5. The second kappa shape index (κ2) is 9.55. The van der Waals surface area contributed by atoms with Crippen LogP contribution in [0.3, 0.4) is 0 Å². The molecule has 3 heterocycles. The van der Waals surface area contributed by atoms with Gasteiger partial charge in [0.15, 0.2) is 5.96 Å². The maximum Gasteiger partial charge on any atom is 0.191 e. The maximum atomic E-state index is 4.84. The summed E-state index contributed by atoms with van der Waals surface area (Å²) in [6, 6.07) is 2.91. The molecule has 1 atom stereocenters. The summed E-state index contributed by atoms with van der Waals surface area (Å²) in [5.41, 5.74) is 1.53. The van der Waals surface area contributed by atoms with Crippen molar-refractivity contribution in [1.82, 2.24) is 20.4 Å². The molecule has 1 aromatic heterocycles. The predicted molar refractivity (Wildman–Crippen MR) is 108 cm³/mol. The zero-order valence-electron chi connectivity index (χ0n) is 15.8. The van der Waals surface area contributed by atoms with Crippen LogP contribution in [0.25, 0.3) is 0 Å². The van der Waals surface area contributed by atoms with Gasteiger partial charge in [-0.05, 0) is 56.3 Å². The van der Waals surface area contributed by atoms with Crippen LogP contribution in [0.5, 0.6) is 0 Å². The summed E-state index contributed by atoms with van der Waals surface area (Å²) in [5.74, 6) is 0.971. The van der Waals surface area contributed by atoms with E-state index in [0.29, 0.717) is 6.04 Å². The minimum atomic E-state index is 0.625. The quantitative estimate of drug-likeness (QED) is 0.575. The highest BCUT2D eigenvalue weighted by Gasteiger charge is 2.22. The third-order valence-electron chi connectivity index (χ3n) is 5.32. The molecule has 1 fully saturated rings. The van der Waals surface area contributed by atoms with Gasteiger partial charge in [-0.2, -0.15) is 0 Å². The first kappa shape index (κ1) is 18.7. The van der Waals surface area contributed by atoms with Crippen molar-refractivity contribution in [3.8, 4) is 0 Å². The van der Waals surface area contributed by atoms with Crippen molar-refractivity contribution >= 4 is 17.3 Å². The van der Waals surface area contributed by atoms with Crippen molar-refractivity contribution in [2.45, 2.75) is 45.7 Å². The SMILES string of the molecule is CCNC(=NCC1CCCN1CC)NCCN1CCc2sccc2C1. The number of rotatable bonds is 7. The second-order valence-corrected chi connectivity index (χ2v) is 7.97. The molecule has 0 radical (unpaired) electrons. The van der Waals surface area contributed by atoms with Crippen molar-refractivity contribution < 1.29 is 0 Å². The van der Waals surface area contributed by atoms with Gasteiger partial charge in [-0.25, -0.2) is 0 Å². The third-order valence-corrected chi connectivity index (χ3v) is 6.34. The molecule has 25 heavy (non-hydrogen) atoms. The molecule has 5 nitrogen and oxygen atoms in total. The number of likely N-dealkylation sites (N-methyl/N-ethyl adjacent to an activating group) is 1. The number of thiophene rings is 1. The minimum absolute atomic E-state index is 0.625. The van der Waals surface area contributed by atoms with Gasteiger partial charge in [0, 0.05) is 43.6 Å². The number of hydrogen-bond donors (Lipinski definition) is 2. The first-order chi connectivity index (χ1) is 12.3. The highest BCUT2D eigenvalue weighted by Crippen LogP contribution is 2.23. The van der Waals surface area contributed by atoms with Gasteiger partial charge in [-0.15, -0.1) is 11.3 Å². The van der Waals surface area contributed by atoms with Crippen molar-refractivity contribution in [2.75, 3.05) is 45.8 Å². The highest BCUT2D eigenvalue weighted by molar-refractivity contribution is 7.10. The van der Waals surface area contributed by atoms with Crippen LogP contribution in [0.15, 0.2) is 16.4 Å². The minimum Gasteiger partial charge on any atom is -0.357 e. The molecule has 0 bridgehead atoms. The average molecular weight is 364 g/mol. The number of likely N-dealkylation sites (tertiary alicyclic amines) is 1. The van der Waals surface area contributed by atoms with E-state index in [2.05, 4.69) is 45.7 Å². The maximum absolute atomic E-state index is 4.84. The van der Waals surface area contributed by atoms with E-state index in [4.69, 9.17) is 4.99 Å². The Hall–Kier alpha value is -1.11. The van der Waals surface area contributed by atoms with Gasteiger partial charge >= 0.3 is 0 Å². The van der Waals surface area contributed by atoms with E-state index in [0.717, 1.165) is 45.2 Å². The zero-order chi connectivity index (χ0) is 17.5. The van der Waals surface area contributed by atoms with Crippen LogP contribution in [0.4, 0.5) is 0 Å². The topological polar surface area (TPSA) is 42.9 Å². The Balaban J connectivity index is 1.43. The molecule has 1 unspecified atom stereocenters. The lowest BCUT2D eigenvalue weighted by atomic mass is 10.1. The Labute approximate surface area is 156 Å². The summed E-state index contributed by atoms with van der Waals surface area (Å²) in [6.45, 7) is 12.9. The van der Waals surface area contributed by atoms with Crippen LogP contribution < -0.4 is 10.6 Å². The highest BCUT2D eigenvalue weighted by atomic mass is 32.1. The van der Waals surface area contributed by atoms with Gasteiger partial charge in [0.05, 0.1) is 6.54 Å². The average Bonchev–Trinajstić information content (AvgIpc) is 3.27. The summed E-state index contributed by atoms with van der Waals surface area (Å²) < 4.78 is 0. The van der Waals surface area contributed by atoms with Crippen LogP contribution in [-0.2, 0) is 13.0 Å². The van der Waals surface area contributed by atoms with Crippen LogP contribution in [-0.4, -0.2) is 67.6 Å². The molecule has 2 aliphatic heterocycles. The fourth-order valence-corrected chi connectivity index (χ4v) is 4.78. The molecule has 2 N–H and O–H groups in total. The predicted octanol–water partition coefficient (Wildman–Crippen LogP) is 2.15. The standard InChI is InChI=1S/C19H33N5S/c1-3-20-19(22-14-17-6-5-10-24(17)4-2)21-9-12-23-11-7-18-16(15-23)8-13-25-18/h8,13,17H,3-7,9-12,14-15H2,1-2H3,(H2,20,21,22). The molecule has 1 aromatic rings. The van der Waals surface area contributed by atoms with Gasteiger partial charge in [0.25, 0.3) is 0 Å². The number of nitrogens with one attached hydrogen (secondary N) is 2. The van der Waals surface area contributed by atoms with Crippen LogP contribution in [0.1, 0.15) is 37.1 Å². The van der Waals surface area contributed by atoms with Crippen molar-refractivity contribution in [3.63, 3.8) is 0 Å². The van der Waals surface area contributed by atoms with E-state index in [1.165, 1.54) is 37.9 Å². The molecule has 3 rings (SSSR count). The lowest BCUT2D eigenvalue weighted by Gasteiger charge is -2.27. The molecule has 140 valence electrons. The smallest absolute Gasteiger partial charge is 0.191 e. The van der Waals surface area contributed by atoms with E-state index >= 15 is 0 Å². The van der Waals surface area contributed by atoms with Crippen LogP contribution in [0.2, 0.25) is 0 Å². The summed E-state index contributed by atoms with van der Waals surface area (Å²) in [6.07, 6.45) is 3.81. The molecular weight excluding hydrogens is 330 g/mol. The molecular formula is C19H33N5S. The number of nitrogens with zero attached hydrogens (tertiary/aromatic N) is 3. The molecule has 0 aliphatic carbocycles. The fraction of sp³-hybridized carbons (Fsp3) is 0.737. The Morgan fingerprint density at radius 3 is 3.08 bits per heavy atom. The van der Waals surface area contributed by atoms with Crippen molar-refractivity contribution in [1.29, 1.82) is 0 Å². The number of fused-ring (bicyclic) bond motifs is 1. The molecule has 6 heteroatoms. The van der Waals surface area contributed by atoms with Gasteiger partial charge in [0.1, 0.15) is 0 Å². The van der Waals surface area contributed by atoms with Crippen LogP contribution in [0, 0.1) is 0 Å². The zero-order valence-corrected chi connectivity index (χ0v) is 16.6. The van der Waals surface area contributed by atoms with Gasteiger partial charge in [-0.1, -0.05) is 6.92 Å². The number of guanidine groups is 1. The molecule has 0 amide bonds. The Morgan fingerprint density at radius 1 is 1.32 bits per heavy atom. The molecule has 1 saturated heterocycles. The van der Waals surface area contributed by atoms with Gasteiger partial charge < -0.3 is 10.6 Å². The van der Waals surface area contributed by atoms with Crippen LogP contribution >= 0.6 is 11.3 Å². The number of hydrogen-bond acceptors (Lipinski definition) is 4. The number of aliphatic imine (C=N–C) groups is 1. The Bertz CT molecular complexity index is 556. The first-order valence-corrected chi connectivity index (χ1v) is 10.7. The fourth-order valence-electron chi connectivity index (χ4n) is 3.89. The van der Waals surface area contributed by atoms with E-state index in [1.54, 1.807) is 4.88 Å². The molecule has 0 saturated carbocycles. The van der Waals surface area contributed by atoms with E-state index in [9.17, 15) is 0 Å². The summed E-state index contributed by atoms with van der Waals surface area (Å²) in [5, 5.41) is 9.14. The van der Waals surface area contributed by atoms with Gasteiger partial charge in [-0.3, -0.25) is 14.8 Å². The van der Waals surface area contributed by atoms with Crippen molar-refractivity contribution in [2.24, 2.45) is 4.99 Å². The normalized spacial score (nSPS) is 22.2. The Morgan fingerprint density at radius 2 is 2.24 bits per heavy atom. The first-order valence-electron chi connectivity index (χ1n) is 9.84. The van der Waals surface area contributed by atoms with Crippen molar-refractivity contribution in [3.05, 3.63) is 21.9 Å². The lowest BCUT2D eigenvalue weighted by Crippen LogP contribution is -2.43. The monoisotopic (exact) mass is 363 g/mol. The summed E-state index contributed by atoms with van der Waals surface area (Å²) in [7, 11) is 0. The van der Waals surface area contributed by atoms with E-state index in [1.807, 2.05) is 11.3 Å².